The maximum Gasteiger partial charge on any atom is 0.281 e. The second-order valence-electron chi connectivity index (χ2n) is 7.29. The molecule has 166 valence electrons. The number of aromatic nitrogens is 1. The summed E-state index contributed by atoms with van der Waals surface area (Å²) in [4.78, 5) is 46.9. The van der Waals surface area contributed by atoms with Crippen molar-refractivity contribution in [1.29, 1.82) is 0 Å². The number of halogens is 1. The van der Waals surface area contributed by atoms with Crippen LogP contribution >= 0.6 is 34.7 Å². The third-order valence-electron chi connectivity index (χ3n) is 5.09. The Morgan fingerprint density at radius 2 is 1.97 bits per heavy atom. The number of nitrogens with one attached hydrogen (secondary N) is 2. The summed E-state index contributed by atoms with van der Waals surface area (Å²) in [5.74, 6) is -0.721. The molecule has 2 aromatic carbocycles. The van der Waals surface area contributed by atoms with Crippen molar-refractivity contribution >= 4 is 69.0 Å². The zero-order valence-corrected chi connectivity index (χ0v) is 19.6. The number of anilines is 1. The van der Waals surface area contributed by atoms with Gasteiger partial charge in [-0.2, -0.15) is 0 Å². The number of carbonyl (C=O) groups excluding carboxylic acids is 3. The van der Waals surface area contributed by atoms with Crippen LogP contribution in [0.5, 0.6) is 0 Å². The van der Waals surface area contributed by atoms with Crippen LogP contribution in [0, 0.1) is 6.92 Å². The lowest BCUT2D eigenvalue weighted by Crippen LogP contribution is -2.44. The number of hydrazine groups is 1. The molecule has 1 saturated heterocycles. The maximum atomic E-state index is 13.0. The molecule has 5 rings (SSSR count). The quantitative estimate of drug-likeness (QED) is 0.565. The predicted octanol–water partition coefficient (Wildman–Crippen LogP) is 4.10. The Labute approximate surface area is 202 Å². The van der Waals surface area contributed by atoms with Crippen molar-refractivity contribution in [1.82, 2.24) is 15.4 Å². The smallest absolute Gasteiger partial charge is 0.281 e. The predicted molar refractivity (Wildman–Crippen MR) is 129 cm³/mol. The molecule has 1 atom stereocenters. The van der Waals surface area contributed by atoms with Gasteiger partial charge in [0.15, 0.2) is 0 Å². The standard InChI is InChI=1S/C22H16ClN5O3S2/c1-11-18(33-22(24-11)26-17-14-4-2-3-5-15(14)25-19(17)30)20(31)27-28-16(29)10-32-21(28)12-6-8-13(23)9-7-12/h2-9,21H,10H2,1H3,(H,27,31)(H,24,25,26,30). The van der Waals surface area contributed by atoms with Gasteiger partial charge in [-0.3, -0.25) is 19.8 Å². The molecule has 1 unspecified atom stereocenters. The van der Waals surface area contributed by atoms with Gasteiger partial charge in [0.1, 0.15) is 16.0 Å². The average Bonchev–Trinajstić information content (AvgIpc) is 3.45. The number of aliphatic imine (C=N–C) groups is 1. The van der Waals surface area contributed by atoms with Crippen molar-refractivity contribution in [2.24, 2.45) is 4.99 Å². The van der Waals surface area contributed by atoms with Gasteiger partial charge >= 0.3 is 0 Å². The number of hydrogen-bond acceptors (Lipinski definition) is 7. The number of carbonyl (C=O) groups is 3. The van der Waals surface area contributed by atoms with Crippen LogP contribution in [0.15, 0.2) is 53.5 Å². The van der Waals surface area contributed by atoms with Crippen LogP contribution in [0.4, 0.5) is 10.8 Å². The van der Waals surface area contributed by atoms with Gasteiger partial charge in [0.25, 0.3) is 17.7 Å². The van der Waals surface area contributed by atoms with Gasteiger partial charge in [-0.15, -0.1) is 11.8 Å². The lowest BCUT2D eigenvalue weighted by molar-refractivity contribution is -0.130. The minimum absolute atomic E-state index is 0.199. The van der Waals surface area contributed by atoms with Crippen LogP contribution < -0.4 is 10.7 Å². The highest BCUT2D eigenvalue weighted by molar-refractivity contribution is 8.00. The Morgan fingerprint density at radius 1 is 1.21 bits per heavy atom. The lowest BCUT2D eigenvalue weighted by Gasteiger charge is -2.24. The first-order valence-corrected chi connectivity index (χ1v) is 12.1. The molecule has 1 fully saturated rings. The molecule has 3 amide bonds. The number of fused-ring (bicyclic) bond motifs is 1. The molecule has 2 N–H and O–H groups in total. The molecule has 2 aliphatic heterocycles. The number of thioether (sulfide) groups is 1. The summed E-state index contributed by atoms with van der Waals surface area (Å²) in [5.41, 5.74) is 5.66. The van der Waals surface area contributed by atoms with Crippen LogP contribution in [0.1, 0.15) is 31.9 Å². The SMILES string of the molecule is Cc1nc(/N=C2\C(=O)Nc3ccccc32)sc1C(=O)NN1C(=O)CSC1c1ccc(Cl)cc1. The molecule has 2 aliphatic rings. The Balaban J connectivity index is 1.38. The van der Waals surface area contributed by atoms with Crippen LogP contribution in [0.2, 0.25) is 5.02 Å². The number of amides is 3. The fraction of sp³-hybridized carbons (Fsp3) is 0.136. The molecule has 33 heavy (non-hydrogen) atoms. The fourth-order valence-electron chi connectivity index (χ4n) is 3.53. The summed E-state index contributed by atoms with van der Waals surface area (Å²) in [6.45, 7) is 1.69. The van der Waals surface area contributed by atoms with Crippen molar-refractivity contribution < 1.29 is 14.4 Å². The van der Waals surface area contributed by atoms with Crippen LogP contribution in [0.3, 0.4) is 0 Å². The number of aryl methyl sites for hydroxylation is 1. The van der Waals surface area contributed by atoms with E-state index in [0.29, 0.717) is 26.8 Å². The van der Waals surface area contributed by atoms with Gasteiger partial charge in [-0.25, -0.2) is 15.0 Å². The number of thiazole rings is 1. The molecule has 3 aromatic rings. The van der Waals surface area contributed by atoms with Crippen LogP contribution in [-0.2, 0) is 9.59 Å². The van der Waals surface area contributed by atoms with E-state index in [1.165, 1.54) is 16.8 Å². The molecule has 0 radical (unpaired) electrons. The Hall–Kier alpha value is -3.21. The van der Waals surface area contributed by atoms with E-state index >= 15 is 0 Å². The van der Waals surface area contributed by atoms with Gasteiger partial charge in [0, 0.05) is 10.6 Å². The van der Waals surface area contributed by atoms with Gasteiger partial charge in [0.2, 0.25) is 5.13 Å². The summed E-state index contributed by atoms with van der Waals surface area (Å²) < 4.78 is 0. The summed E-state index contributed by atoms with van der Waals surface area (Å²) in [6, 6.07) is 14.4. The molecule has 11 heteroatoms. The number of para-hydroxylation sites is 1. The Kier molecular flexibility index (Phi) is 5.65. The number of benzene rings is 2. The van der Waals surface area contributed by atoms with Crippen molar-refractivity contribution in [2.45, 2.75) is 12.3 Å². The zero-order valence-electron chi connectivity index (χ0n) is 17.2. The Bertz CT molecular complexity index is 1320. The van der Waals surface area contributed by atoms with Crippen molar-refractivity contribution in [3.63, 3.8) is 0 Å². The largest absolute Gasteiger partial charge is 0.320 e. The van der Waals surface area contributed by atoms with Crippen molar-refractivity contribution in [3.05, 3.63) is 75.3 Å². The molecular weight excluding hydrogens is 482 g/mol. The van der Waals surface area contributed by atoms with Gasteiger partial charge < -0.3 is 5.32 Å². The topological polar surface area (TPSA) is 104 Å². The lowest BCUT2D eigenvalue weighted by atomic mass is 10.1. The van der Waals surface area contributed by atoms with E-state index in [0.717, 1.165) is 16.9 Å². The second-order valence-corrected chi connectivity index (χ2v) is 9.77. The van der Waals surface area contributed by atoms with Gasteiger partial charge in [0.05, 0.1) is 17.1 Å². The van der Waals surface area contributed by atoms with Gasteiger partial charge in [-0.1, -0.05) is 53.3 Å². The molecule has 0 saturated carbocycles. The summed E-state index contributed by atoms with van der Waals surface area (Å²) in [5, 5.41) is 4.62. The van der Waals surface area contributed by atoms with E-state index in [4.69, 9.17) is 11.6 Å². The summed E-state index contributed by atoms with van der Waals surface area (Å²) in [7, 11) is 0. The molecule has 0 spiro atoms. The molecular formula is C22H16ClN5O3S2. The van der Waals surface area contributed by atoms with E-state index in [9.17, 15) is 14.4 Å². The van der Waals surface area contributed by atoms with E-state index in [1.807, 2.05) is 24.3 Å². The van der Waals surface area contributed by atoms with Gasteiger partial charge in [-0.05, 0) is 30.7 Å². The third kappa shape index (κ3) is 4.12. The first-order chi connectivity index (χ1) is 15.9. The molecule has 1 aromatic heterocycles. The van der Waals surface area contributed by atoms with E-state index in [1.54, 1.807) is 31.2 Å². The second kappa shape index (κ2) is 8.62. The highest BCUT2D eigenvalue weighted by atomic mass is 35.5. The number of nitrogens with zero attached hydrogens (tertiary/aromatic N) is 3. The summed E-state index contributed by atoms with van der Waals surface area (Å²) in [6.07, 6.45) is 0. The molecule has 0 aliphatic carbocycles. The van der Waals surface area contributed by atoms with E-state index in [-0.39, 0.29) is 33.8 Å². The minimum atomic E-state index is -0.456. The van der Waals surface area contributed by atoms with E-state index < -0.39 is 5.91 Å². The average molecular weight is 498 g/mol. The highest BCUT2D eigenvalue weighted by Gasteiger charge is 2.35. The van der Waals surface area contributed by atoms with Crippen LogP contribution in [0.25, 0.3) is 0 Å². The van der Waals surface area contributed by atoms with Crippen molar-refractivity contribution in [3.8, 4) is 0 Å². The number of hydrogen-bond donors (Lipinski definition) is 2. The normalized spacial score (nSPS) is 18.5. The first kappa shape index (κ1) is 21.6. The summed E-state index contributed by atoms with van der Waals surface area (Å²) >= 11 is 8.45. The Morgan fingerprint density at radius 3 is 2.76 bits per heavy atom. The molecule has 8 nitrogen and oxygen atoms in total. The maximum absolute atomic E-state index is 13.0. The van der Waals surface area contributed by atoms with Crippen LogP contribution in [-0.4, -0.2) is 39.2 Å². The molecule has 0 bridgehead atoms. The van der Waals surface area contributed by atoms with E-state index in [2.05, 4.69) is 20.7 Å². The molecule has 3 heterocycles. The first-order valence-electron chi connectivity index (χ1n) is 9.87. The zero-order chi connectivity index (χ0) is 23.1. The minimum Gasteiger partial charge on any atom is -0.320 e. The fourth-order valence-corrected chi connectivity index (χ4v) is 5.60. The van der Waals surface area contributed by atoms with Crippen molar-refractivity contribution in [2.75, 3.05) is 11.1 Å². The number of rotatable bonds is 4. The highest BCUT2D eigenvalue weighted by Crippen LogP contribution is 2.38. The third-order valence-corrected chi connectivity index (χ3v) is 7.60. The monoisotopic (exact) mass is 497 g/mol.